The van der Waals surface area contributed by atoms with E-state index in [4.69, 9.17) is 9.47 Å². The minimum absolute atomic E-state index is 0.0652. The minimum Gasteiger partial charge on any atom is -0.462 e. The van der Waals surface area contributed by atoms with Crippen molar-refractivity contribution in [2.45, 2.75) is 97.8 Å². The fraction of sp³-hybridized carbons (Fsp3) is 0.733. The Morgan fingerprint density at radius 2 is 1.42 bits per heavy atom. The third-order valence-electron chi connectivity index (χ3n) is 6.37. The van der Waals surface area contributed by atoms with E-state index in [0.717, 1.165) is 13.0 Å². The summed E-state index contributed by atoms with van der Waals surface area (Å²) in [5.74, 6) is 0.121. The van der Waals surface area contributed by atoms with Crippen molar-refractivity contribution in [3.8, 4) is 0 Å². The highest BCUT2D eigenvalue weighted by atomic mass is 16.6. The van der Waals surface area contributed by atoms with Crippen molar-refractivity contribution in [2.75, 3.05) is 32.8 Å². The van der Waals surface area contributed by atoms with E-state index in [9.17, 15) is 9.59 Å². The summed E-state index contributed by atoms with van der Waals surface area (Å²) in [5, 5.41) is 6.24. The van der Waals surface area contributed by atoms with Crippen LogP contribution in [0.25, 0.3) is 0 Å². The van der Waals surface area contributed by atoms with Crippen LogP contribution >= 0.6 is 0 Å². The Bertz CT molecular complexity index is 666. The quantitative estimate of drug-likeness (QED) is 0.136. The van der Waals surface area contributed by atoms with Crippen LogP contribution < -0.4 is 10.6 Å². The highest BCUT2D eigenvalue weighted by molar-refractivity contribution is 5.71. The van der Waals surface area contributed by atoms with Crippen molar-refractivity contribution in [1.82, 2.24) is 10.6 Å². The SMILES string of the molecule is CCCCCCCCCCCCC(CNCCNC(=O)OCCOC(=O)C(C)C)Cc1ccccc1. The predicted molar refractivity (Wildman–Crippen MR) is 148 cm³/mol. The van der Waals surface area contributed by atoms with E-state index in [1.165, 1.54) is 76.2 Å². The van der Waals surface area contributed by atoms with Crippen LogP contribution in [0, 0.1) is 11.8 Å². The van der Waals surface area contributed by atoms with Crippen molar-refractivity contribution >= 4 is 12.1 Å². The Morgan fingerprint density at radius 3 is 2.06 bits per heavy atom. The molecule has 0 radical (unpaired) electrons. The summed E-state index contributed by atoms with van der Waals surface area (Å²) in [5.41, 5.74) is 1.39. The Morgan fingerprint density at radius 1 is 0.806 bits per heavy atom. The van der Waals surface area contributed by atoms with Gasteiger partial charge in [0.1, 0.15) is 13.2 Å². The van der Waals surface area contributed by atoms with Gasteiger partial charge in [-0.05, 0) is 30.9 Å². The van der Waals surface area contributed by atoms with Crippen LogP contribution in [0.15, 0.2) is 30.3 Å². The molecule has 1 amide bonds. The van der Waals surface area contributed by atoms with Gasteiger partial charge in [-0.25, -0.2) is 4.79 Å². The fourth-order valence-electron chi connectivity index (χ4n) is 4.20. The second kappa shape index (κ2) is 22.1. The summed E-state index contributed by atoms with van der Waals surface area (Å²) in [6.45, 7) is 8.09. The topological polar surface area (TPSA) is 76.7 Å². The zero-order valence-corrected chi connectivity index (χ0v) is 23.2. The summed E-state index contributed by atoms with van der Waals surface area (Å²) in [6, 6.07) is 10.7. The van der Waals surface area contributed by atoms with Crippen molar-refractivity contribution < 1.29 is 19.1 Å². The van der Waals surface area contributed by atoms with Gasteiger partial charge in [0.25, 0.3) is 0 Å². The van der Waals surface area contributed by atoms with Gasteiger partial charge in [0.2, 0.25) is 0 Å². The molecular formula is C30H52N2O4. The number of amides is 1. The van der Waals surface area contributed by atoms with Crippen LogP contribution in [0.1, 0.15) is 97.0 Å². The molecule has 2 N–H and O–H groups in total. The maximum Gasteiger partial charge on any atom is 0.407 e. The Kier molecular flexibility index (Phi) is 19.7. The summed E-state index contributed by atoms with van der Waals surface area (Å²) >= 11 is 0. The highest BCUT2D eigenvalue weighted by Gasteiger charge is 2.11. The van der Waals surface area contributed by atoms with Gasteiger partial charge in [0, 0.05) is 13.1 Å². The van der Waals surface area contributed by atoms with Gasteiger partial charge in [-0.3, -0.25) is 4.79 Å². The van der Waals surface area contributed by atoms with E-state index < -0.39 is 6.09 Å². The molecule has 0 spiro atoms. The van der Waals surface area contributed by atoms with E-state index >= 15 is 0 Å². The molecule has 0 aromatic heterocycles. The molecule has 1 atom stereocenters. The van der Waals surface area contributed by atoms with Crippen molar-refractivity contribution in [2.24, 2.45) is 11.8 Å². The molecule has 0 heterocycles. The Labute approximate surface area is 220 Å². The molecule has 0 fully saturated rings. The van der Waals surface area contributed by atoms with Crippen LogP contribution in [0.5, 0.6) is 0 Å². The molecule has 36 heavy (non-hydrogen) atoms. The first-order valence-corrected chi connectivity index (χ1v) is 14.3. The molecule has 0 bridgehead atoms. The maximum absolute atomic E-state index is 11.8. The second-order valence-corrected chi connectivity index (χ2v) is 10.1. The third-order valence-corrected chi connectivity index (χ3v) is 6.37. The molecule has 0 aliphatic heterocycles. The number of ether oxygens (including phenoxy) is 2. The molecule has 6 nitrogen and oxygen atoms in total. The number of carbonyl (C=O) groups is 2. The zero-order valence-electron chi connectivity index (χ0n) is 23.2. The highest BCUT2D eigenvalue weighted by Crippen LogP contribution is 2.17. The summed E-state index contributed by atoms with van der Waals surface area (Å²) in [4.78, 5) is 23.2. The van der Waals surface area contributed by atoms with Gasteiger partial charge in [0.15, 0.2) is 0 Å². The summed E-state index contributed by atoms with van der Waals surface area (Å²) < 4.78 is 10.0. The molecule has 0 saturated carbocycles. The first-order chi connectivity index (χ1) is 17.5. The number of hydrogen-bond donors (Lipinski definition) is 2. The molecule has 6 heteroatoms. The van der Waals surface area contributed by atoms with E-state index in [0.29, 0.717) is 19.0 Å². The lowest BCUT2D eigenvalue weighted by molar-refractivity contribution is -0.148. The number of benzene rings is 1. The molecule has 0 saturated heterocycles. The standard InChI is InChI=1S/C30H52N2O4/c1-4-5-6-7-8-9-10-11-12-14-19-28(24-27-17-15-13-16-18-27)25-31-20-21-32-30(34)36-23-22-35-29(33)26(2)3/h13,15-18,26,28,31H,4-12,14,19-25H2,1-3H3,(H,32,34). The lowest BCUT2D eigenvalue weighted by atomic mass is 9.93. The van der Waals surface area contributed by atoms with Crippen LogP contribution in [0.2, 0.25) is 0 Å². The molecule has 1 rings (SSSR count). The normalized spacial score (nSPS) is 11.9. The van der Waals surface area contributed by atoms with Crippen LogP contribution in [0.3, 0.4) is 0 Å². The van der Waals surface area contributed by atoms with Crippen LogP contribution in [0.4, 0.5) is 4.79 Å². The largest absolute Gasteiger partial charge is 0.462 e. The lowest BCUT2D eigenvalue weighted by Gasteiger charge is -2.18. The van der Waals surface area contributed by atoms with E-state index in [-0.39, 0.29) is 25.1 Å². The van der Waals surface area contributed by atoms with E-state index in [1.54, 1.807) is 13.8 Å². The number of rotatable bonds is 22. The van der Waals surface area contributed by atoms with Crippen molar-refractivity contribution in [1.29, 1.82) is 0 Å². The van der Waals surface area contributed by atoms with Gasteiger partial charge in [-0.1, -0.05) is 115 Å². The molecular weight excluding hydrogens is 452 g/mol. The van der Waals surface area contributed by atoms with Crippen molar-refractivity contribution in [3.05, 3.63) is 35.9 Å². The average molecular weight is 505 g/mol. The number of alkyl carbamates (subject to hydrolysis) is 1. The number of esters is 1. The van der Waals surface area contributed by atoms with Crippen molar-refractivity contribution in [3.63, 3.8) is 0 Å². The molecule has 1 aromatic rings. The summed E-state index contributed by atoms with van der Waals surface area (Å²) in [7, 11) is 0. The van der Waals surface area contributed by atoms with Gasteiger partial charge in [0.05, 0.1) is 5.92 Å². The molecule has 0 aliphatic rings. The van der Waals surface area contributed by atoms with Gasteiger partial charge in [-0.15, -0.1) is 0 Å². The maximum atomic E-state index is 11.8. The second-order valence-electron chi connectivity index (χ2n) is 10.1. The monoisotopic (exact) mass is 504 g/mol. The predicted octanol–water partition coefficient (Wildman–Crippen LogP) is 6.67. The number of unbranched alkanes of at least 4 members (excludes halogenated alkanes) is 9. The molecule has 1 aromatic carbocycles. The van der Waals surface area contributed by atoms with E-state index in [2.05, 4.69) is 47.9 Å². The van der Waals surface area contributed by atoms with Gasteiger partial charge >= 0.3 is 12.1 Å². The summed E-state index contributed by atoms with van der Waals surface area (Å²) in [6.07, 6.45) is 15.4. The molecule has 1 unspecified atom stereocenters. The third kappa shape index (κ3) is 18.2. The number of hydrogen-bond acceptors (Lipinski definition) is 5. The Balaban J connectivity index is 2.18. The van der Waals surface area contributed by atoms with E-state index in [1.807, 2.05) is 0 Å². The van der Waals surface area contributed by atoms with Crippen LogP contribution in [-0.4, -0.2) is 44.9 Å². The number of nitrogens with one attached hydrogen (secondary N) is 2. The molecule has 0 aliphatic carbocycles. The average Bonchev–Trinajstić information content (AvgIpc) is 2.87. The van der Waals surface area contributed by atoms with Gasteiger partial charge < -0.3 is 20.1 Å². The Hall–Kier alpha value is -2.08. The first-order valence-electron chi connectivity index (χ1n) is 14.3. The lowest BCUT2D eigenvalue weighted by Crippen LogP contribution is -2.35. The van der Waals surface area contributed by atoms with Crippen LogP contribution in [-0.2, 0) is 20.7 Å². The number of carbonyl (C=O) groups excluding carboxylic acids is 2. The minimum atomic E-state index is -0.483. The molecule has 206 valence electrons. The smallest absolute Gasteiger partial charge is 0.407 e. The fourth-order valence-corrected chi connectivity index (χ4v) is 4.20. The first kappa shape index (κ1) is 31.9. The van der Waals surface area contributed by atoms with Gasteiger partial charge in [-0.2, -0.15) is 0 Å². The zero-order chi connectivity index (χ0) is 26.3.